The van der Waals surface area contributed by atoms with Gasteiger partial charge in [-0.1, -0.05) is 24.3 Å². The molecule has 5 heteroatoms. The standard InChI is InChI=1S/C15H22N4O/c1-4-16-10-14-11-19(18-17-14)7-8-20-15-9-12(2)5-6-13(15)3/h5-6,9,11,16H,4,7-8,10H2,1-3H3. The van der Waals surface area contributed by atoms with Gasteiger partial charge in [0, 0.05) is 12.7 Å². The zero-order chi connectivity index (χ0) is 14.4. The van der Waals surface area contributed by atoms with Crippen LogP contribution in [0.3, 0.4) is 0 Å². The summed E-state index contributed by atoms with van der Waals surface area (Å²) >= 11 is 0. The monoisotopic (exact) mass is 274 g/mol. The molecule has 0 saturated carbocycles. The maximum absolute atomic E-state index is 5.81. The first-order chi connectivity index (χ1) is 9.69. The highest BCUT2D eigenvalue weighted by atomic mass is 16.5. The predicted octanol–water partition coefficient (Wildman–Crippen LogP) is 2.08. The molecule has 0 amide bonds. The highest BCUT2D eigenvalue weighted by Crippen LogP contribution is 2.18. The van der Waals surface area contributed by atoms with Gasteiger partial charge in [-0.3, -0.25) is 0 Å². The Morgan fingerprint density at radius 2 is 2.15 bits per heavy atom. The molecule has 0 fully saturated rings. The number of nitrogens with zero attached hydrogens (tertiary/aromatic N) is 3. The molecule has 1 N–H and O–H groups in total. The van der Waals surface area contributed by atoms with E-state index in [1.54, 1.807) is 0 Å². The van der Waals surface area contributed by atoms with E-state index in [0.717, 1.165) is 30.1 Å². The Bertz CT molecular complexity index is 551. The Morgan fingerprint density at radius 3 is 2.95 bits per heavy atom. The van der Waals surface area contributed by atoms with Crippen LogP contribution in [0.1, 0.15) is 23.7 Å². The van der Waals surface area contributed by atoms with Crippen molar-refractivity contribution in [2.24, 2.45) is 0 Å². The van der Waals surface area contributed by atoms with Crippen LogP contribution in [-0.2, 0) is 13.1 Å². The van der Waals surface area contributed by atoms with E-state index in [-0.39, 0.29) is 0 Å². The summed E-state index contributed by atoms with van der Waals surface area (Å²) in [6.45, 7) is 9.18. The highest BCUT2D eigenvalue weighted by molar-refractivity contribution is 5.35. The van der Waals surface area contributed by atoms with Crippen molar-refractivity contribution in [3.05, 3.63) is 41.2 Å². The molecule has 0 bridgehead atoms. The van der Waals surface area contributed by atoms with Crippen LogP contribution in [0.25, 0.3) is 0 Å². The largest absolute Gasteiger partial charge is 0.491 e. The van der Waals surface area contributed by atoms with Crippen LogP contribution in [0.15, 0.2) is 24.4 Å². The Kier molecular flexibility index (Phi) is 5.12. The van der Waals surface area contributed by atoms with Gasteiger partial charge in [0.15, 0.2) is 0 Å². The molecule has 0 saturated heterocycles. The molecule has 0 aliphatic heterocycles. The Morgan fingerprint density at radius 1 is 1.30 bits per heavy atom. The summed E-state index contributed by atoms with van der Waals surface area (Å²) in [4.78, 5) is 0. The van der Waals surface area contributed by atoms with E-state index in [0.29, 0.717) is 13.2 Å². The molecule has 20 heavy (non-hydrogen) atoms. The van der Waals surface area contributed by atoms with Gasteiger partial charge in [-0.05, 0) is 37.6 Å². The topological polar surface area (TPSA) is 52.0 Å². The van der Waals surface area contributed by atoms with E-state index in [9.17, 15) is 0 Å². The maximum atomic E-state index is 5.81. The minimum Gasteiger partial charge on any atom is -0.491 e. The summed E-state index contributed by atoms with van der Waals surface area (Å²) in [7, 11) is 0. The lowest BCUT2D eigenvalue weighted by Gasteiger charge is -2.09. The Hall–Kier alpha value is -1.88. The maximum Gasteiger partial charge on any atom is 0.122 e. The van der Waals surface area contributed by atoms with Gasteiger partial charge in [-0.15, -0.1) is 5.10 Å². The van der Waals surface area contributed by atoms with Crippen molar-refractivity contribution in [1.82, 2.24) is 20.3 Å². The summed E-state index contributed by atoms with van der Waals surface area (Å²) in [5.74, 6) is 0.943. The summed E-state index contributed by atoms with van der Waals surface area (Å²) in [5.41, 5.74) is 3.32. The number of aromatic nitrogens is 3. The van der Waals surface area contributed by atoms with E-state index in [2.05, 4.69) is 54.6 Å². The van der Waals surface area contributed by atoms with Crippen LogP contribution in [0.5, 0.6) is 5.75 Å². The molecule has 0 atom stereocenters. The number of ether oxygens (including phenoxy) is 1. The molecule has 1 aromatic carbocycles. The van der Waals surface area contributed by atoms with Crippen LogP contribution in [0, 0.1) is 13.8 Å². The first kappa shape index (κ1) is 14.5. The molecular formula is C15H22N4O. The SMILES string of the molecule is CCNCc1cn(CCOc2cc(C)ccc2C)nn1. The molecule has 2 aromatic rings. The van der Waals surface area contributed by atoms with E-state index in [4.69, 9.17) is 4.74 Å². The van der Waals surface area contributed by atoms with Crippen molar-refractivity contribution in [1.29, 1.82) is 0 Å². The lowest BCUT2D eigenvalue weighted by Crippen LogP contribution is -2.12. The molecule has 1 aromatic heterocycles. The van der Waals surface area contributed by atoms with Crippen LogP contribution in [0.2, 0.25) is 0 Å². The van der Waals surface area contributed by atoms with Crippen molar-refractivity contribution in [3.63, 3.8) is 0 Å². The molecule has 0 unspecified atom stereocenters. The molecule has 1 heterocycles. The third-order valence-corrected chi connectivity index (χ3v) is 3.06. The van der Waals surface area contributed by atoms with Crippen LogP contribution < -0.4 is 10.1 Å². The van der Waals surface area contributed by atoms with E-state index >= 15 is 0 Å². The fourth-order valence-corrected chi connectivity index (χ4v) is 1.89. The number of rotatable bonds is 7. The van der Waals surface area contributed by atoms with Crippen molar-refractivity contribution in [2.45, 2.75) is 33.9 Å². The Balaban J connectivity index is 1.83. The summed E-state index contributed by atoms with van der Waals surface area (Å²) < 4.78 is 7.62. The minimum atomic E-state index is 0.592. The summed E-state index contributed by atoms with van der Waals surface area (Å²) in [6.07, 6.45) is 1.95. The molecule has 5 nitrogen and oxygen atoms in total. The van der Waals surface area contributed by atoms with Gasteiger partial charge < -0.3 is 10.1 Å². The molecule has 0 aliphatic carbocycles. The summed E-state index contributed by atoms with van der Waals surface area (Å²) in [6, 6.07) is 6.23. The van der Waals surface area contributed by atoms with Gasteiger partial charge in [-0.25, -0.2) is 4.68 Å². The van der Waals surface area contributed by atoms with Crippen LogP contribution >= 0.6 is 0 Å². The third kappa shape index (κ3) is 4.06. The van der Waals surface area contributed by atoms with Crippen LogP contribution in [-0.4, -0.2) is 28.1 Å². The normalized spacial score (nSPS) is 10.8. The number of aryl methyl sites for hydroxylation is 2. The van der Waals surface area contributed by atoms with Gasteiger partial charge >= 0.3 is 0 Å². The van der Waals surface area contributed by atoms with E-state index < -0.39 is 0 Å². The zero-order valence-electron chi connectivity index (χ0n) is 12.4. The smallest absolute Gasteiger partial charge is 0.122 e. The summed E-state index contributed by atoms with van der Waals surface area (Å²) in [5, 5.41) is 11.4. The van der Waals surface area contributed by atoms with Gasteiger partial charge in [0.1, 0.15) is 12.4 Å². The fraction of sp³-hybridized carbons (Fsp3) is 0.467. The van der Waals surface area contributed by atoms with Gasteiger partial charge in [0.05, 0.1) is 12.2 Å². The molecule has 0 aliphatic rings. The molecular weight excluding hydrogens is 252 g/mol. The van der Waals surface area contributed by atoms with Gasteiger partial charge in [-0.2, -0.15) is 0 Å². The van der Waals surface area contributed by atoms with Crippen LogP contribution in [0.4, 0.5) is 0 Å². The van der Waals surface area contributed by atoms with Crippen molar-refractivity contribution < 1.29 is 4.74 Å². The highest BCUT2D eigenvalue weighted by Gasteiger charge is 2.02. The number of hydrogen-bond acceptors (Lipinski definition) is 4. The molecule has 0 spiro atoms. The van der Waals surface area contributed by atoms with E-state index in [1.807, 2.05) is 10.9 Å². The van der Waals surface area contributed by atoms with Gasteiger partial charge in [0.2, 0.25) is 0 Å². The Labute approximate surface area is 120 Å². The second-order valence-electron chi connectivity index (χ2n) is 4.87. The first-order valence-corrected chi connectivity index (χ1v) is 6.99. The van der Waals surface area contributed by atoms with Crippen molar-refractivity contribution in [3.8, 4) is 5.75 Å². The molecule has 2 rings (SSSR count). The van der Waals surface area contributed by atoms with Crippen molar-refractivity contribution >= 4 is 0 Å². The lowest BCUT2D eigenvalue weighted by molar-refractivity contribution is 0.288. The first-order valence-electron chi connectivity index (χ1n) is 6.99. The zero-order valence-corrected chi connectivity index (χ0v) is 12.4. The third-order valence-electron chi connectivity index (χ3n) is 3.06. The average molecular weight is 274 g/mol. The average Bonchev–Trinajstić information content (AvgIpc) is 2.88. The second-order valence-corrected chi connectivity index (χ2v) is 4.87. The predicted molar refractivity (Wildman–Crippen MR) is 78.8 cm³/mol. The molecule has 108 valence electrons. The van der Waals surface area contributed by atoms with Crippen molar-refractivity contribution in [2.75, 3.05) is 13.2 Å². The second kappa shape index (κ2) is 7.05. The quantitative estimate of drug-likeness (QED) is 0.840. The lowest BCUT2D eigenvalue weighted by atomic mass is 10.1. The molecule has 0 radical (unpaired) electrons. The van der Waals surface area contributed by atoms with Gasteiger partial charge in [0.25, 0.3) is 0 Å². The number of nitrogens with one attached hydrogen (secondary N) is 1. The fourth-order valence-electron chi connectivity index (χ4n) is 1.89. The van der Waals surface area contributed by atoms with E-state index in [1.165, 1.54) is 5.56 Å². The number of benzene rings is 1. The number of hydrogen-bond donors (Lipinski definition) is 1. The minimum absolute atomic E-state index is 0.592.